The van der Waals surface area contributed by atoms with Gasteiger partial charge in [-0.25, -0.2) is 0 Å². The molecule has 0 radical (unpaired) electrons. The summed E-state index contributed by atoms with van der Waals surface area (Å²) in [6, 6.07) is 71.4. The maximum absolute atomic E-state index is 9.90. The van der Waals surface area contributed by atoms with E-state index in [0.717, 1.165) is 127 Å². The first-order chi connectivity index (χ1) is 52.8. The lowest BCUT2D eigenvalue weighted by Crippen LogP contribution is -2.60. The van der Waals surface area contributed by atoms with Gasteiger partial charge in [0.05, 0.1) is 56.6 Å². The van der Waals surface area contributed by atoms with Crippen LogP contribution in [-0.4, -0.2) is 20.2 Å². The Morgan fingerprint density at radius 3 is 1.57 bits per heavy atom. The van der Waals surface area contributed by atoms with Gasteiger partial charge in [0.1, 0.15) is 0 Å². The van der Waals surface area contributed by atoms with Crippen molar-refractivity contribution in [1.29, 1.82) is 0 Å². The molecule has 0 amide bonds. The molecule has 458 valence electrons. The third-order valence-electron chi connectivity index (χ3n) is 20.8. The van der Waals surface area contributed by atoms with E-state index in [4.69, 9.17) is 6.85 Å². The zero-order chi connectivity index (χ0) is 76.1. The molecule has 97 heavy (non-hydrogen) atoms. The van der Waals surface area contributed by atoms with Crippen LogP contribution in [0.2, 0.25) is 0 Å². The maximum Gasteiger partial charge on any atom is 0.252 e. The fraction of sp³-hybridized carbons (Fsp3) is 0.0870. The van der Waals surface area contributed by atoms with Crippen LogP contribution in [0.25, 0.3) is 148 Å². The van der Waals surface area contributed by atoms with E-state index < -0.39 is 73.2 Å². The van der Waals surface area contributed by atoms with Crippen molar-refractivity contribution < 1.29 is 17.8 Å². The molecule has 6 heterocycles. The molecule has 0 fully saturated rings. The zero-order valence-corrected chi connectivity index (χ0v) is 54.2. The van der Waals surface area contributed by atoms with Crippen molar-refractivity contribution in [2.24, 2.45) is 0 Å². The lowest BCUT2D eigenvalue weighted by atomic mass is 9.33. The number of hydrogen-bond acceptors (Lipinski definition) is 1. The molecule has 20 rings (SSSR count). The molecule has 4 aromatic heterocycles. The summed E-state index contributed by atoms with van der Waals surface area (Å²) in [4.78, 5) is 2.47. The van der Waals surface area contributed by atoms with Crippen LogP contribution in [0.15, 0.2) is 297 Å². The average molecular weight is 1250 g/mol. The van der Waals surface area contributed by atoms with E-state index in [2.05, 4.69) is 237 Å². The Labute approximate surface area is 582 Å². The first kappa shape index (κ1) is 44.1. The van der Waals surface area contributed by atoms with Crippen molar-refractivity contribution >= 4 is 143 Å². The van der Waals surface area contributed by atoms with Crippen LogP contribution >= 0.6 is 0 Å². The highest BCUT2D eigenvalue weighted by Crippen LogP contribution is 2.51. The second-order valence-corrected chi connectivity index (χ2v) is 28.2. The second-order valence-electron chi connectivity index (χ2n) is 28.2. The van der Waals surface area contributed by atoms with Crippen LogP contribution < -0.4 is 21.3 Å². The van der Waals surface area contributed by atoms with Gasteiger partial charge in [-0.15, -0.1) is 0 Å². The summed E-state index contributed by atoms with van der Waals surface area (Å²) in [5, 5.41) is 9.40. The molecule has 0 unspecified atom stereocenters. The molecule has 0 bridgehead atoms. The molecular formula is C92H67BN4. The van der Waals surface area contributed by atoms with Gasteiger partial charge >= 0.3 is 0 Å². The molecule has 0 spiro atoms. The molecule has 0 N–H and O–H groups in total. The van der Waals surface area contributed by atoms with Crippen molar-refractivity contribution in [3.63, 3.8) is 0 Å². The minimum absolute atomic E-state index is 0.000403. The Morgan fingerprint density at radius 1 is 0.309 bits per heavy atom. The fourth-order valence-corrected chi connectivity index (χ4v) is 16.3. The number of hydrogen-bond donors (Lipinski definition) is 0. The highest BCUT2D eigenvalue weighted by molar-refractivity contribution is 7.00. The molecular weight excluding hydrogens is 1170 g/mol. The molecule has 5 heteroatoms. The van der Waals surface area contributed by atoms with Crippen molar-refractivity contribution in [1.82, 2.24) is 13.5 Å². The molecule has 2 aliphatic heterocycles. The number of aromatic nitrogens is 3. The van der Waals surface area contributed by atoms with Gasteiger partial charge in [0.15, 0.2) is 0 Å². The summed E-state index contributed by atoms with van der Waals surface area (Å²) >= 11 is 0. The summed E-state index contributed by atoms with van der Waals surface area (Å²) in [6.07, 6.45) is 0. The molecule has 0 aliphatic carbocycles. The number of nitrogens with zero attached hydrogens (tertiary/aromatic N) is 4. The Morgan fingerprint density at radius 2 is 0.876 bits per heavy atom. The topological polar surface area (TPSA) is 17.5 Å². The number of fused-ring (bicyclic) bond motifs is 21. The van der Waals surface area contributed by atoms with Crippen LogP contribution in [0.1, 0.15) is 70.5 Å². The number of benzene rings is 14. The first-order valence-corrected chi connectivity index (χ1v) is 33.2. The van der Waals surface area contributed by atoms with Gasteiger partial charge in [-0.1, -0.05) is 272 Å². The summed E-state index contributed by atoms with van der Waals surface area (Å²) in [5.41, 5.74) is 17.1. The Kier molecular flexibility index (Phi) is 9.29. The Balaban J connectivity index is 1.04. The van der Waals surface area contributed by atoms with Gasteiger partial charge in [0, 0.05) is 71.4 Å². The lowest BCUT2D eigenvalue weighted by Gasteiger charge is -2.41. The van der Waals surface area contributed by atoms with E-state index in [1.165, 1.54) is 11.1 Å². The molecule has 18 aromatic rings. The highest BCUT2D eigenvalue weighted by Gasteiger charge is 2.45. The zero-order valence-electron chi connectivity index (χ0n) is 67.2. The SMILES string of the molecule is [2H]c1c([2H])c([2H])c(-c2ccc3c(c2)c2cc(-n4c5c([2H])c([2H])c([2H])c([2H])c5c5c([2H])c([2H])c([2H])c([2H])c54)cc4c2n3-c2cc3c(c5c2B4c2ccc(-c4cc(C(C)(C)C)cc(C(C)(C)C)c4)cc2N5c2ccc(-c4ccccc4)cc2)c2cccc4c5ccccc5c5ccccc5c5ccccc5n3c42)c([2H])c1[2H]. The third kappa shape index (κ3) is 8.12. The minimum atomic E-state index is -0.685. The van der Waals surface area contributed by atoms with E-state index >= 15 is 0 Å². The van der Waals surface area contributed by atoms with Crippen molar-refractivity contribution in [3.8, 4) is 44.8 Å². The summed E-state index contributed by atoms with van der Waals surface area (Å²) in [6.45, 7) is 12.8. The van der Waals surface area contributed by atoms with E-state index in [0.29, 0.717) is 27.5 Å². The van der Waals surface area contributed by atoms with E-state index in [1.807, 2.05) is 36.4 Å². The summed E-state index contributed by atoms with van der Waals surface area (Å²) < 4.78 is 128. The molecule has 0 saturated carbocycles. The molecule has 4 nitrogen and oxygen atoms in total. The smallest absolute Gasteiger partial charge is 0.252 e. The van der Waals surface area contributed by atoms with E-state index in [9.17, 15) is 11.0 Å². The van der Waals surface area contributed by atoms with Gasteiger partial charge in [0.25, 0.3) is 6.71 Å². The predicted molar refractivity (Wildman–Crippen MR) is 415 cm³/mol. The maximum atomic E-state index is 9.90. The van der Waals surface area contributed by atoms with Gasteiger partial charge in [-0.3, -0.25) is 0 Å². The molecule has 0 atom stereocenters. The standard InChI is InChI=1S/C92H67BN4/c1-91(2,3)62-48-61(49-63(52-62)92(4,5)6)60-42-46-77-83(51-60)95(64-44-40-58(41-45-64)56-24-9-7-10-25-56)90-86-74-36-23-35-73-69-31-16-14-29-67(69)66-28-13-15-30-68(66)70-32-17-22-39-81(70)96(88(73)74)84(86)55-85-87(90)93(77)78-54-65(94-79-37-20-18-33-71(79)72-34-19-21-38-80(72)94)53-76-75-50-59(57-26-11-8-12-27-57)43-47-82(75)97(85)89(76)78/h7-55H,1-6H3/i8D,11D,12D,18D,19D,20D,21D,26D,27D,33D,34D,37D,38D. The normalized spacial score (nSPS) is 14.9. The van der Waals surface area contributed by atoms with Gasteiger partial charge in [0.2, 0.25) is 0 Å². The van der Waals surface area contributed by atoms with Crippen LogP contribution in [0, 0.1) is 0 Å². The average Bonchev–Trinajstić information content (AvgIpc) is 1.47. The van der Waals surface area contributed by atoms with Crippen LogP contribution in [0.5, 0.6) is 0 Å². The van der Waals surface area contributed by atoms with Crippen molar-refractivity contribution in [2.75, 3.05) is 4.90 Å². The van der Waals surface area contributed by atoms with Crippen LogP contribution in [-0.2, 0) is 10.8 Å². The quantitative estimate of drug-likeness (QED) is 0.157. The Hall–Kier alpha value is -11.7. The Bertz CT molecular complexity index is 7150. The van der Waals surface area contributed by atoms with Crippen LogP contribution in [0.3, 0.4) is 0 Å². The molecule has 14 aromatic carbocycles. The second kappa shape index (κ2) is 20.4. The minimum Gasteiger partial charge on any atom is -0.311 e. The van der Waals surface area contributed by atoms with E-state index in [-0.39, 0.29) is 50.3 Å². The molecule has 2 aliphatic rings. The third-order valence-corrected chi connectivity index (χ3v) is 20.8. The predicted octanol–water partition coefficient (Wildman–Crippen LogP) is 22.7. The van der Waals surface area contributed by atoms with Gasteiger partial charge in [-0.05, 0) is 160 Å². The monoisotopic (exact) mass is 1250 g/mol. The largest absolute Gasteiger partial charge is 0.311 e. The van der Waals surface area contributed by atoms with Crippen molar-refractivity contribution in [3.05, 3.63) is 308 Å². The fourth-order valence-electron chi connectivity index (χ4n) is 16.3. The highest BCUT2D eigenvalue weighted by atomic mass is 15.2. The van der Waals surface area contributed by atoms with Gasteiger partial charge in [-0.2, -0.15) is 0 Å². The summed E-state index contributed by atoms with van der Waals surface area (Å²) in [5.74, 6) is 0. The first-order valence-electron chi connectivity index (χ1n) is 39.7. The van der Waals surface area contributed by atoms with Crippen LogP contribution in [0.4, 0.5) is 17.1 Å². The van der Waals surface area contributed by atoms with Gasteiger partial charge < -0.3 is 18.4 Å². The lowest BCUT2D eigenvalue weighted by molar-refractivity contribution is 0.569. The van der Waals surface area contributed by atoms with Crippen molar-refractivity contribution in [2.45, 2.75) is 52.4 Å². The number of anilines is 3. The summed E-state index contributed by atoms with van der Waals surface area (Å²) in [7, 11) is 0. The van der Waals surface area contributed by atoms with E-state index in [1.54, 1.807) is 4.57 Å². The number of para-hydroxylation sites is 4. The molecule has 0 saturated heterocycles. The number of rotatable bonds is 5.